The van der Waals surface area contributed by atoms with E-state index in [1.807, 2.05) is 0 Å². The molecule has 6 heteroatoms. The second kappa shape index (κ2) is 4.08. The average Bonchev–Trinajstić information content (AvgIpc) is 2.08. The van der Waals surface area contributed by atoms with Gasteiger partial charge in [0.2, 0.25) is 5.91 Å². The maximum atomic E-state index is 11.2. The van der Waals surface area contributed by atoms with Crippen LogP contribution in [-0.2, 0) is 9.53 Å². The van der Waals surface area contributed by atoms with Crippen LogP contribution >= 0.6 is 0 Å². The quantitative estimate of drug-likeness (QED) is 0.589. The molecule has 0 spiro atoms. The number of hydrogen-bond donors (Lipinski definition) is 2. The van der Waals surface area contributed by atoms with Crippen molar-refractivity contribution < 1.29 is 19.4 Å². The van der Waals surface area contributed by atoms with E-state index in [4.69, 9.17) is 9.84 Å². The van der Waals surface area contributed by atoms with Crippen molar-refractivity contribution in [2.24, 2.45) is 0 Å². The van der Waals surface area contributed by atoms with Gasteiger partial charge < -0.3 is 15.2 Å². The molecule has 1 aliphatic heterocycles. The SMILES string of the molecule is COCC1C(=O)NCCN1C(=O)O. The molecule has 0 radical (unpaired) electrons. The third kappa shape index (κ3) is 2.09. The van der Waals surface area contributed by atoms with Crippen molar-refractivity contribution in [2.45, 2.75) is 6.04 Å². The number of methoxy groups -OCH3 is 1. The van der Waals surface area contributed by atoms with Gasteiger partial charge in [0.1, 0.15) is 6.04 Å². The fourth-order valence-corrected chi connectivity index (χ4v) is 1.27. The summed E-state index contributed by atoms with van der Waals surface area (Å²) in [7, 11) is 1.43. The topological polar surface area (TPSA) is 78.9 Å². The molecular formula is C7H12N2O4. The highest BCUT2D eigenvalue weighted by Crippen LogP contribution is 2.04. The van der Waals surface area contributed by atoms with Crippen LogP contribution in [0.1, 0.15) is 0 Å². The van der Waals surface area contributed by atoms with E-state index in [0.717, 1.165) is 4.90 Å². The Balaban J connectivity index is 2.67. The van der Waals surface area contributed by atoms with E-state index in [2.05, 4.69) is 5.32 Å². The monoisotopic (exact) mass is 188 g/mol. The van der Waals surface area contributed by atoms with Crippen LogP contribution in [0, 0.1) is 0 Å². The Morgan fingerprint density at radius 2 is 2.54 bits per heavy atom. The summed E-state index contributed by atoms with van der Waals surface area (Å²) in [4.78, 5) is 23.0. The van der Waals surface area contributed by atoms with Crippen LogP contribution in [0.2, 0.25) is 0 Å². The van der Waals surface area contributed by atoms with Gasteiger partial charge in [-0.15, -0.1) is 0 Å². The zero-order valence-electron chi connectivity index (χ0n) is 7.32. The Labute approximate surface area is 75.5 Å². The van der Waals surface area contributed by atoms with Gasteiger partial charge in [-0.1, -0.05) is 0 Å². The van der Waals surface area contributed by atoms with E-state index in [0.29, 0.717) is 13.1 Å². The maximum Gasteiger partial charge on any atom is 0.408 e. The number of carbonyl (C=O) groups is 2. The van der Waals surface area contributed by atoms with Crippen LogP contribution < -0.4 is 5.32 Å². The number of nitrogens with zero attached hydrogens (tertiary/aromatic N) is 1. The minimum atomic E-state index is -1.09. The second-order valence-corrected chi connectivity index (χ2v) is 2.74. The molecule has 2 amide bonds. The van der Waals surface area contributed by atoms with Gasteiger partial charge in [0, 0.05) is 20.2 Å². The summed E-state index contributed by atoms with van der Waals surface area (Å²) in [5.74, 6) is -0.296. The number of hydrogen-bond acceptors (Lipinski definition) is 3. The number of rotatable bonds is 2. The van der Waals surface area contributed by atoms with Gasteiger partial charge in [-0.3, -0.25) is 9.69 Å². The summed E-state index contributed by atoms with van der Waals surface area (Å²) < 4.78 is 4.77. The molecule has 1 rings (SSSR count). The lowest BCUT2D eigenvalue weighted by Crippen LogP contribution is -2.58. The lowest BCUT2D eigenvalue weighted by Gasteiger charge is -2.32. The molecule has 0 bridgehead atoms. The Bertz CT molecular complexity index is 219. The first kappa shape index (κ1) is 9.79. The van der Waals surface area contributed by atoms with Gasteiger partial charge in [-0.2, -0.15) is 0 Å². The molecule has 1 atom stereocenters. The average molecular weight is 188 g/mol. The number of piperazine rings is 1. The van der Waals surface area contributed by atoms with Crippen molar-refractivity contribution in [1.82, 2.24) is 10.2 Å². The smallest absolute Gasteiger partial charge is 0.408 e. The molecule has 6 nitrogen and oxygen atoms in total. The summed E-state index contributed by atoms with van der Waals surface area (Å²) in [6.45, 7) is 0.776. The van der Waals surface area contributed by atoms with Gasteiger partial charge in [0.15, 0.2) is 0 Å². The molecule has 0 saturated carbocycles. The number of ether oxygens (including phenoxy) is 1. The molecule has 1 unspecified atom stereocenters. The molecule has 0 aromatic rings. The Hall–Kier alpha value is -1.30. The normalized spacial score (nSPS) is 22.7. The minimum absolute atomic E-state index is 0.0954. The van der Waals surface area contributed by atoms with Crippen LogP contribution in [-0.4, -0.2) is 54.9 Å². The number of carboxylic acid groups (broad SMARTS) is 1. The summed E-state index contributed by atoms with van der Waals surface area (Å²) in [5.41, 5.74) is 0. The molecule has 1 saturated heterocycles. The van der Waals surface area contributed by atoms with E-state index in [1.54, 1.807) is 0 Å². The number of nitrogens with one attached hydrogen (secondary N) is 1. The summed E-state index contributed by atoms with van der Waals surface area (Å²) in [6.07, 6.45) is -1.09. The fourth-order valence-electron chi connectivity index (χ4n) is 1.27. The lowest BCUT2D eigenvalue weighted by atomic mass is 10.2. The molecule has 1 heterocycles. The van der Waals surface area contributed by atoms with Gasteiger partial charge in [-0.05, 0) is 0 Å². The van der Waals surface area contributed by atoms with Crippen molar-refractivity contribution in [3.8, 4) is 0 Å². The molecule has 13 heavy (non-hydrogen) atoms. The van der Waals surface area contributed by atoms with Crippen LogP contribution in [0.3, 0.4) is 0 Å². The van der Waals surface area contributed by atoms with Crippen molar-refractivity contribution in [3.05, 3.63) is 0 Å². The van der Waals surface area contributed by atoms with Crippen molar-refractivity contribution in [1.29, 1.82) is 0 Å². The highest BCUT2D eigenvalue weighted by atomic mass is 16.5. The van der Waals surface area contributed by atoms with Crippen molar-refractivity contribution >= 4 is 12.0 Å². The number of carbonyl (C=O) groups excluding carboxylic acids is 1. The van der Waals surface area contributed by atoms with Crippen molar-refractivity contribution in [3.63, 3.8) is 0 Å². The van der Waals surface area contributed by atoms with Crippen molar-refractivity contribution in [2.75, 3.05) is 26.8 Å². The highest BCUT2D eigenvalue weighted by molar-refractivity contribution is 5.86. The van der Waals surface area contributed by atoms with E-state index in [9.17, 15) is 9.59 Å². The standard InChI is InChI=1S/C7H12N2O4/c1-13-4-5-6(10)8-2-3-9(5)7(11)12/h5H,2-4H2,1H3,(H,8,10)(H,11,12). The third-order valence-electron chi connectivity index (χ3n) is 1.90. The molecule has 74 valence electrons. The molecule has 1 fully saturated rings. The van der Waals surface area contributed by atoms with Gasteiger partial charge in [-0.25, -0.2) is 4.79 Å². The Kier molecular flexibility index (Phi) is 3.07. The van der Waals surface area contributed by atoms with Gasteiger partial charge >= 0.3 is 6.09 Å². The highest BCUT2D eigenvalue weighted by Gasteiger charge is 2.32. The zero-order chi connectivity index (χ0) is 9.84. The Morgan fingerprint density at radius 1 is 1.85 bits per heavy atom. The second-order valence-electron chi connectivity index (χ2n) is 2.74. The van der Waals surface area contributed by atoms with E-state index in [1.165, 1.54) is 7.11 Å². The molecule has 2 N–H and O–H groups in total. The predicted octanol–water partition coefficient (Wildman–Crippen LogP) is -0.889. The summed E-state index contributed by atoms with van der Waals surface area (Å²) >= 11 is 0. The van der Waals surface area contributed by atoms with Gasteiger partial charge in [0.05, 0.1) is 6.61 Å². The maximum absolute atomic E-state index is 11.2. The van der Waals surface area contributed by atoms with Crippen LogP contribution in [0.4, 0.5) is 4.79 Å². The zero-order valence-corrected chi connectivity index (χ0v) is 7.32. The molecule has 0 aromatic carbocycles. The van der Waals surface area contributed by atoms with E-state index >= 15 is 0 Å². The predicted molar refractivity (Wildman–Crippen MR) is 43.4 cm³/mol. The third-order valence-corrected chi connectivity index (χ3v) is 1.90. The van der Waals surface area contributed by atoms with E-state index < -0.39 is 12.1 Å². The fraction of sp³-hybridized carbons (Fsp3) is 0.714. The summed E-state index contributed by atoms with van der Waals surface area (Å²) in [5, 5.41) is 11.3. The van der Waals surface area contributed by atoms with E-state index in [-0.39, 0.29) is 12.5 Å². The molecule has 0 aromatic heterocycles. The summed E-state index contributed by atoms with van der Waals surface area (Å²) in [6, 6.07) is -0.712. The Morgan fingerprint density at radius 3 is 3.08 bits per heavy atom. The van der Waals surface area contributed by atoms with Crippen LogP contribution in [0.5, 0.6) is 0 Å². The first-order valence-electron chi connectivity index (χ1n) is 3.93. The largest absolute Gasteiger partial charge is 0.465 e. The minimum Gasteiger partial charge on any atom is -0.465 e. The first-order valence-corrected chi connectivity index (χ1v) is 3.93. The van der Waals surface area contributed by atoms with Gasteiger partial charge in [0.25, 0.3) is 0 Å². The molecule has 1 aliphatic rings. The van der Waals surface area contributed by atoms with Crippen LogP contribution in [0.25, 0.3) is 0 Å². The first-order chi connectivity index (χ1) is 6.16. The number of amides is 2. The molecule has 0 aliphatic carbocycles. The molecular weight excluding hydrogens is 176 g/mol. The van der Waals surface area contributed by atoms with Crippen LogP contribution in [0.15, 0.2) is 0 Å². The lowest BCUT2D eigenvalue weighted by molar-refractivity contribution is -0.130.